The Bertz CT molecular complexity index is 1850. The van der Waals surface area contributed by atoms with E-state index in [-0.39, 0.29) is 6.04 Å². The van der Waals surface area contributed by atoms with Crippen LogP contribution in [0.4, 0.5) is 5.69 Å². The van der Waals surface area contributed by atoms with Crippen molar-refractivity contribution in [3.63, 3.8) is 0 Å². The van der Waals surface area contributed by atoms with Gasteiger partial charge in [0.15, 0.2) is 12.6 Å². The van der Waals surface area contributed by atoms with Crippen LogP contribution in [0.15, 0.2) is 91.0 Å². The average Bonchev–Trinajstić information content (AvgIpc) is 3.15. The molecule has 0 saturated heterocycles. The van der Waals surface area contributed by atoms with Gasteiger partial charge in [0, 0.05) is 23.4 Å². The maximum Gasteiger partial charge on any atom is 0.153 e. The first kappa shape index (κ1) is 36.4. The number of nitrogens with zero attached hydrogens (tertiary/aromatic N) is 1. The molecule has 2 atom stereocenters. The number of hydrogen-bond donors (Lipinski definition) is 0. The SMILES string of the molecule is CCCCCCOc1ccc2c(O[C@H](c3ccccc3)[C@H](C)N(C)c3c(C=O)ccc4cc(OCCCCCC)ccc34)c(C=O)ccc2c1. The van der Waals surface area contributed by atoms with Crippen LogP contribution in [0.2, 0.25) is 0 Å². The van der Waals surface area contributed by atoms with Crippen LogP contribution in [0.1, 0.15) is 105 Å². The molecule has 0 aromatic heterocycles. The molecular formula is C44H51NO5. The van der Waals surface area contributed by atoms with Crippen LogP contribution in [0.5, 0.6) is 17.2 Å². The summed E-state index contributed by atoms with van der Waals surface area (Å²) >= 11 is 0. The minimum Gasteiger partial charge on any atom is -0.494 e. The van der Waals surface area contributed by atoms with E-state index in [0.29, 0.717) is 30.1 Å². The summed E-state index contributed by atoms with van der Waals surface area (Å²) in [5, 5.41) is 3.72. The number of ether oxygens (including phenoxy) is 3. The van der Waals surface area contributed by atoms with E-state index in [2.05, 4.69) is 25.7 Å². The molecule has 0 saturated carbocycles. The number of unbranched alkanes of at least 4 members (excludes halogenated alkanes) is 6. The minimum absolute atomic E-state index is 0.253. The van der Waals surface area contributed by atoms with Gasteiger partial charge in [-0.2, -0.15) is 0 Å². The number of carbonyl (C=O) groups excluding carboxylic acids is 2. The van der Waals surface area contributed by atoms with Crippen LogP contribution >= 0.6 is 0 Å². The van der Waals surface area contributed by atoms with Crippen LogP contribution in [0.3, 0.4) is 0 Å². The van der Waals surface area contributed by atoms with E-state index in [4.69, 9.17) is 14.2 Å². The zero-order valence-electron chi connectivity index (χ0n) is 30.0. The summed E-state index contributed by atoms with van der Waals surface area (Å²) < 4.78 is 19.1. The third kappa shape index (κ3) is 8.84. The second-order valence-electron chi connectivity index (χ2n) is 13.1. The summed E-state index contributed by atoms with van der Waals surface area (Å²) in [4.78, 5) is 27.0. The van der Waals surface area contributed by atoms with Gasteiger partial charge in [-0.25, -0.2) is 0 Å². The summed E-state index contributed by atoms with van der Waals surface area (Å²) in [5.41, 5.74) is 2.84. The molecule has 0 unspecified atom stereocenters. The molecule has 0 bridgehead atoms. The van der Waals surface area contributed by atoms with Crippen LogP contribution < -0.4 is 19.1 Å². The van der Waals surface area contributed by atoms with Crippen LogP contribution in [0.25, 0.3) is 21.5 Å². The highest BCUT2D eigenvalue weighted by molar-refractivity contribution is 6.03. The molecule has 0 aliphatic carbocycles. The van der Waals surface area contributed by atoms with Gasteiger partial charge in [-0.15, -0.1) is 0 Å². The Labute approximate surface area is 297 Å². The van der Waals surface area contributed by atoms with Gasteiger partial charge in [0.25, 0.3) is 0 Å². The monoisotopic (exact) mass is 673 g/mol. The van der Waals surface area contributed by atoms with E-state index in [1.807, 2.05) is 98.0 Å². The van der Waals surface area contributed by atoms with Crippen molar-refractivity contribution in [3.05, 3.63) is 108 Å². The standard InChI is InChI=1S/C44H51NO5/c1-5-7-9-14-26-48-38-22-24-40-34(28-38)18-20-36(30-46)42(40)45(4)32(3)43(33-16-12-11-13-17-33)50-44-37(31-47)21-19-35-29-39(23-25-41(35)44)49-27-15-10-8-6-2/h11-13,16-25,28-32,43H,5-10,14-15,26-27H2,1-4H3/t32-,43-/m0/s1. The van der Waals surface area contributed by atoms with Crippen molar-refractivity contribution in [3.8, 4) is 17.2 Å². The molecule has 0 fully saturated rings. The molecule has 6 nitrogen and oxygen atoms in total. The molecule has 0 spiro atoms. The Morgan fingerprint density at radius 2 is 1.20 bits per heavy atom. The maximum absolute atomic E-state index is 12.5. The number of anilines is 1. The highest BCUT2D eigenvalue weighted by Crippen LogP contribution is 2.39. The van der Waals surface area contributed by atoms with E-state index in [1.54, 1.807) is 0 Å². The van der Waals surface area contributed by atoms with E-state index in [9.17, 15) is 9.59 Å². The summed E-state index contributed by atoms with van der Waals surface area (Å²) in [6, 6.07) is 29.4. The molecule has 262 valence electrons. The summed E-state index contributed by atoms with van der Waals surface area (Å²) in [5.74, 6) is 2.15. The third-order valence-corrected chi connectivity index (χ3v) is 9.53. The van der Waals surface area contributed by atoms with E-state index in [1.165, 1.54) is 25.7 Å². The molecule has 50 heavy (non-hydrogen) atoms. The molecule has 0 radical (unpaired) electrons. The Morgan fingerprint density at radius 3 is 1.78 bits per heavy atom. The number of likely N-dealkylation sites (N-methyl/N-ethyl adjacent to an activating group) is 1. The molecule has 0 aliphatic rings. The fourth-order valence-corrected chi connectivity index (χ4v) is 6.56. The Hall–Kier alpha value is -4.84. The predicted octanol–water partition coefficient (Wildman–Crippen LogP) is 11.2. The predicted molar refractivity (Wildman–Crippen MR) is 206 cm³/mol. The van der Waals surface area contributed by atoms with Gasteiger partial charge in [0.2, 0.25) is 0 Å². The van der Waals surface area contributed by atoms with Crippen molar-refractivity contribution < 1.29 is 23.8 Å². The molecule has 5 rings (SSSR count). The molecule has 6 heteroatoms. The highest BCUT2D eigenvalue weighted by atomic mass is 16.5. The van der Waals surface area contributed by atoms with Crippen LogP contribution in [-0.4, -0.2) is 38.9 Å². The number of carbonyl (C=O) groups is 2. The van der Waals surface area contributed by atoms with Gasteiger partial charge in [0.05, 0.1) is 30.5 Å². The second-order valence-corrected chi connectivity index (χ2v) is 13.1. The largest absolute Gasteiger partial charge is 0.494 e. The van der Waals surface area contributed by atoms with Crippen molar-refractivity contribution in [1.82, 2.24) is 0 Å². The van der Waals surface area contributed by atoms with E-state index in [0.717, 1.165) is 82.6 Å². The topological polar surface area (TPSA) is 65.1 Å². The maximum atomic E-state index is 12.5. The van der Waals surface area contributed by atoms with Crippen molar-refractivity contribution >= 4 is 39.8 Å². The minimum atomic E-state index is -0.486. The van der Waals surface area contributed by atoms with E-state index >= 15 is 0 Å². The van der Waals surface area contributed by atoms with Gasteiger partial charge in [-0.3, -0.25) is 9.59 Å². The number of fused-ring (bicyclic) bond motifs is 2. The Balaban J connectivity index is 1.47. The van der Waals surface area contributed by atoms with Crippen LogP contribution in [0, 0.1) is 0 Å². The van der Waals surface area contributed by atoms with Crippen molar-refractivity contribution in [2.24, 2.45) is 0 Å². The normalized spacial score (nSPS) is 12.4. The average molecular weight is 674 g/mol. The lowest BCUT2D eigenvalue weighted by Gasteiger charge is -2.36. The lowest BCUT2D eigenvalue weighted by molar-refractivity contribution is 0.110. The molecule has 0 amide bonds. The highest BCUT2D eigenvalue weighted by Gasteiger charge is 2.29. The first-order valence-corrected chi connectivity index (χ1v) is 18.2. The van der Waals surface area contributed by atoms with Crippen LogP contribution in [-0.2, 0) is 0 Å². The van der Waals surface area contributed by atoms with Gasteiger partial charge in [-0.1, -0.05) is 94.8 Å². The lowest BCUT2D eigenvalue weighted by atomic mass is 9.98. The van der Waals surface area contributed by atoms with Gasteiger partial charge >= 0.3 is 0 Å². The zero-order chi connectivity index (χ0) is 35.3. The molecule has 0 aliphatic heterocycles. The van der Waals surface area contributed by atoms with Gasteiger partial charge in [-0.05, 0) is 84.6 Å². The summed E-state index contributed by atoms with van der Waals surface area (Å²) in [7, 11) is 2.00. The first-order valence-electron chi connectivity index (χ1n) is 18.2. The van der Waals surface area contributed by atoms with Gasteiger partial charge < -0.3 is 19.1 Å². The van der Waals surface area contributed by atoms with Crippen molar-refractivity contribution in [1.29, 1.82) is 0 Å². The number of benzene rings is 5. The molecule has 0 N–H and O–H groups in total. The van der Waals surface area contributed by atoms with Gasteiger partial charge in [0.1, 0.15) is 23.4 Å². The fourth-order valence-electron chi connectivity index (χ4n) is 6.56. The number of aldehydes is 2. The summed E-state index contributed by atoms with van der Waals surface area (Å²) in [6.45, 7) is 7.85. The smallest absolute Gasteiger partial charge is 0.153 e. The molecule has 0 heterocycles. The lowest BCUT2D eigenvalue weighted by Crippen LogP contribution is -2.37. The molecular weight excluding hydrogens is 622 g/mol. The van der Waals surface area contributed by atoms with Crippen molar-refractivity contribution in [2.45, 2.75) is 84.3 Å². The third-order valence-electron chi connectivity index (χ3n) is 9.53. The fraction of sp³-hybridized carbons (Fsp3) is 0.364. The first-order chi connectivity index (χ1) is 24.5. The Kier molecular flexibility index (Phi) is 13.3. The zero-order valence-corrected chi connectivity index (χ0v) is 30.0. The number of rotatable bonds is 20. The Morgan fingerprint density at radius 1 is 0.640 bits per heavy atom. The molecule has 5 aromatic rings. The molecule has 5 aromatic carbocycles. The summed E-state index contributed by atoms with van der Waals surface area (Å²) in [6.07, 6.45) is 10.4. The number of hydrogen-bond acceptors (Lipinski definition) is 6. The second kappa shape index (κ2) is 18.2. The quantitative estimate of drug-likeness (QED) is 0.0605. The van der Waals surface area contributed by atoms with Crippen molar-refractivity contribution in [2.75, 3.05) is 25.2 Å². The van der Waals surface area contributed by atoms with E-state index < -0.39 is 6.10 Å².